The van der Waals surface area contributed by atoms with E-state index in [1.54, 1.807) is 25.2 Å². The zero-order valence-electron chi connectivity index (χ0n) is 9.38. The number of hydrogen-bond acceptors (Lipinski definition) is 4. The molecule has 6 heteroatoms. The maximum atomic E-state index is 11.8. The summed E-state index contributed by atoms with van der Waals surface area (Å²) in [6.07, 6.45) is 1.63. The minimum Gasteiger partial charge on any atom is -0.382 e. The van der Waals surface area contributed by atoms with Crippen molar-refractivity contribution in [2.45, 2.75) is 0 Å². The molecule has 0 bridgehead atoms. The summed E-state index contributed by atoms with van der Waals surface area (Å²) in [5.74, 6) is -0.214. The van der Waals surface area contributed by atoms with Gasteiger partial charge in [0.05, 0.1) is 9.41 Å². The molecule has 0 unspecified atom stereocenters. The van der Waals surface area contributed by atoms with E-state index in [1.165, 1.54) is 24.3 Å². The fourth-order valence-corrected chi connectivity index (χ4v) is 1.80. The monoisotopic (exact) mass is 298 g/mol. The second kappa shape index (κ2) is 5.58. The lowest BCUT2D eigenvalue weighted by Crippen LogP contribution is -2.06. The highest BCUT2D eigenvalue weighted by atomic mass is 79.9. The first-order chi connectivity index (χ1) is 7.91. The molecule has 0 aromatic heterocycles. The van der Waals surface area contributed by atoms with Crippen molar-refractivity contribution < 1.29 is 9.72 Å². The molecule has 0 radical (unpaired) electrons. The highest BCUT2D eigenvalue weighted by molar-refractivity contribution is 9.12. The van der Waals surface area contributed by atoms with Gasteiger partial charge in [0.2, 0.25) is 5.78 Å². The van der Waals surface area contributed by atoms with Crippen LogP contribution in [0.25, 0.3) is 0 Å². The Labute approximate surface area is 107 Å². The summed E-state index contributed by atoms with van der Waals surface area (Å²) < 4.78 is 0.399. The van der Waals surface area contributed by atoms with E-state index in [0.717, 1.165) is 0 Å². The molecule has 0 saturated heterocycles. The quantitative estimate of drug-likeness (QED) is 0.371. The van der Waals surface area contributed by atoms with Gasteiger partial charge in [-0.05, 0) is 28.1 Å². The number of nitrogens with zero attached hydrogens (tertiary/aromatic N) is 2. The normalized spacial score (nSPS) is 11.1. The summed E-state index contributed by atoms with van der Waals surface area (Å²) in [6.45, 7) is 0. The molecule has 0 atom stereocenters. The summed E-state index contributed by atoms with van der Waals surface area (Å²) in [4.78, 5) is 23.5. The number of halogens is 1. The second-order valence-corrected chi connectivity index (χ2v) is 4.43. The molecule has 1 rings (SSSR count). The zero-order valence-corrected chi connectivity index (χ0v) is 11.0. The van der Waals surface area contributed by atoms with Crippen molar-refractivity contribution >= 4 is 27.4 Å². The third kappa shape index (κ3) is 3.67. The largest absolute Gasteiger partial charge is 0.382 e. The molecule has 5 nitrogen and oxygen atoms in total. The molecule has 0 aliphatic rings. The van der Waals surface area contributed by atoms with Gasteiger partial charge >= 0.3 is 0 Å². The minimum absolute atomic E-state index is 0.0331. The Morgan fingerprint density at radius 2 is 1.88 bits per heavy atom. The molecule has 17 heavy (non-hydrogen) atoms. The molecular formula is C11H11BrN2O3. The third-order valence-electron chi connectivity index (χ3n) is 1.93. The van der Waals surface area contributed by atoms with Crippen LogP contribution in [-0.4, -0.2) is 29.7 Å². The predicted molar refractivity (Wildman–Crippen MR) is 68.1 cm³/mol. The van der Waals surface area contributed by atoms with Crippen molar-refractivity contribution in [2.24, 2.45) is 0 Å². The molecule has 0 fully saturated rings. The van der Waals surface area contributed by atoms with Crippen LogP contribution in [0, 0.1) is 10.1 Å². The Bertz CT molecular complexity index is 466. The highest BCUT2D eigenvalue weighted by Gasteiger charge is 2.12. The maximum Gasteiger partial charge on any atom is 0.269 e. The lowest BCUT2D eigenvalue weighted by molar-refractivity contribution is -0.384. The van der Waals surface area contributed by atoms with Gasteiger partial charge in [-0.3, -0.25) is 14.9 Å². The van der Waals surface area contributed by atoms with Crippen LogP contribution in [0.5, 0.6) is 0 Å². The van der Waals surface area contributed by atoms with E-state index in [9.17, 15) is 14.9 Å². The topological polar surface area (TPSA) is 63.5 Å². The Morgan fingerprint density at radius 1 is 1.35 bits per heavy atom. The van der Waals surface area contributed by atoms with Crippen molar-refractivity contribution in [1.29, 1.82) is 0 Å². The molecule has 0 aliphatic heterocycles. The van der Waals surface area contributed by atoms with E-state index >= 15 is 0 Å². The standard InChI is InChI=1S/C11H11BrN2O3/c1-13(2)7-10(12)11(15)8-3-5-9(6-4-8)14(16)17/h3-7H,1-2H3/b10-7-. The number of allylic oxidation sites excluding steroid dienone is 1. The van der Waals surface area contributed by atoms with Gasteiger partial charge in [0.15, 0.2) is 0 Å². The number of Topliss-reactive ketones (excluding diaryl/α,β-unsaturated/α-hetero) is 1. The van der Waals surface area contributed by atoms with Crippen LogP contribution < -0.4 is 0 Å². The first-order valence-electron chi connectivity index (χ1n) is 4.74. The Kier molecular flexibility index (Phi) is 4.39. The van der Waals surface area contributed by atoms with Crippen molar-refractivity contribution in [3.8, 4) is 0 Å². The number of hydrogen-bond donors (Lipinski definition) is 0. The molecule has 1 aromatic rings. The molecule has 1 aromatic carbocycles. The highest BCUT2D eigenvalue weighted by Crippen LogP contribution is 2.17. The number of carbonyl (C=O) groups is 1. The molecule has 0 spiro atoms. The fourth-order valence-electron chi connectivity index (χ4n) is 1.16. The molecule has 0 N–H and O–H groups in total. The van der Waals surface area contributed by atoms with E-state index in [1.807, 2.05) is 0 Å². The van der Waals surface area contributed by atoms with E-state index < -0.39 is 4.92 Å². The van der Waals surface area contributed by atoms with Crippen molar-refractivity contribution in [3.63, 3.8) is 0 Å². The third-order valence-corrected chi connectivity index (χ3v) is 2.49. The summed E-state index contributed by atoms with van der Waals surface area (Å²) in [6, 6.07) is 5.49. The number of non-ortho nitro benzene ring substituents is 1. The van der Waals surface area contributed by atoms with Crippen LogP contribution in [0.1, 0.15) is 10.4 Å². The summed E-state index contributed by atoms with van der Waals surface area (Å²) in [5, 5.41) is 10.5. The average molecular weight is 299 g/mol. The molecule has 0 saturated carbocycles. The van der Waals surface area contributed by atoms with Gasteiger partial charge in [0.25, 0.3) is 5.69 Å². The van der Waals surface area contributed by atoms with Crippen molar-refractivity contribution in [1.82, 2.24) is 4.90 Å². The van der Waals surface area contributed by atoms with Gasteiger partial charge in [-0.25, -0.2) is 0 Å². The number of ketones is 1. The van der Waals surface area contributed by atoms with Gasteiger partial charge in [-0.2, -0.15) is 0 Å². The Hall–Kier alpha value is -1.69. The Balaban J connectivity index is 2.94. The van der Waals surface area contributed by atoms with Gasteiger partial charge in [0, 0.05) is 38.0 Å². The van der Waals surface area contributed by atoms with E-state index in [2.05, 4.69) is 15.9 Å². The summed E-state index contributed by atoms with van der Waals surface area (Å²) >= 11 is 3.16. The van der Waals surface area contributed by atoms with Crippen LogP contribution in [0.2, 0.25) is 0 Å². The zero-order chi connectivity index (χ0) is 13.0. The summed E-state index contributed by atoms with van der Waals surface area (Å²) in [7, 11) is 3.59. The van der Waals surface area contributed by atoms with Crippen LogP contribution in [-0.2, 0) is 0 Å². The number of benzene rings is 1. The number of rotatable bonds is 4. The fraction of sp³-hybridized carbons (Fsp3) is 0.182. The van der Waals surface area contributed by atoms with Gasteiger partial charge in [0.1, 0.15) is 0 Å². The average Bonchev–Trinajstić information content (AvgIpc) is 2.27. The minimum atomic E-state index is -0.501. The number of nitro groups is 1. The maximum absolute atomic E-state index is 11.8. The molecule has 0 aliphatic carbocycles. The molecule has 90 valence electrons. The lowest BCUT2D eigenvalue weighted by Gasteiger charge is -2.06. The van der Waals surface area contributed by atoms with E-state index in [-0.39, 0.29) is 11.5 Å². The summed E-state index contributed by atoms with van der Waals surface area (Å²) in [5.41, 5.74) is 0.370. The van der Waals surface area contributed by atoms with Crippen LogP contribution in [0.3, 0.4) is 0 Å². The Morgan fingerprint density at radius 3 is 2.29 bits per heavy atom. The van der Waals surface area contributed by atoms with Crippen LogP contribution in [0.4, 0.5) is 5.69 Å². The first-order valence-corrected chi connectivity index (χ1v) is 5.54. The second-order valence-electron chi connectivity index (χ2n) is 3.57. The molecule has 0 amide bonds. The smallest absolute Gasteiger partial charge is 0.269 e. The SMILES string of the molecule is CN(C)/C=C(\Br)C(=O)c1ccc([N+](=O)[O-])cc1. The van der Waals surface area contributed by atoms with Gasteiger partial charge in [-0.1, -0.05) is 0 Å². The van der Waals surface area contributed by atoms with E-state index in [0.29, 0.717) is 10.0 Å². The first kappa shape index (κ1) is 13.4. The number of nitro benzene ring substituents is 1. The lowest BCUT2D eigenvalue weighted by atomic mass is 10.1. The van der Waals surface area contributed by atoms with E-state index in [4.69, 9.17) is 0 Å². The van der Waals surface area contributed by atoms with Crippen LogP contribution >= 0.6 is 15.9 Å². The number of carbonyl (C=O) groups excluding carboxylic acids is 1. The van der Waals surface area contributed by atoms with Crippen molar-refractivity contribution in [3.05, 3.63) is 50.6 Å². The van der Waals surface area contributed by atoms with Crippen molar-refractivity contribution in [2.75, 3.05) is 14.1 Å². The molecule has 0 heterocycles. The van der Waals surface area contributed by atoms with Crippen LogP contribution in [0.15, 0.2) is 34.9 Å². The van der Waals surface area contributed by atoms with Gasteiger partial charge < -0.3 is 4.90 Å². The van der Waals surface area contributed by atoms with Gasteiger partial charge in [-0.15, -0.1) is 0 Å². The predicted octanol–water partition coefficient (Wildman–Crippen LogP) is 2.58. The molecular weight excluding hydrogens is 288 g/mol.